The van der Waals surface area contributed by atoms with Gasteiger partial charge < -0.3 is 18.9 Å². The van der Waals surface area contributed by atoms with Crippen LogP contribution in [-0.2, 0) is 38.1 Å². The van der Waals surface area contributed by atoms with Crippen molar-refractivity contribution in [1.29, 1.82) is 0 Å². The number of H-pyrrole nitrogens is 1. The fraction of sp³-hybridized carbons (Fsp3) is 0.245. The van der Waals surface area contributed by atoms with E-state index in [4.69, 9.17) is 100 Å². The molecule has 128 heavy (non-hydrogen) atoms. The van der Waals surface area contributed by atoms with Gasteiger partial charge in [-0.05, 0) is 213 Å². The molecule has 0 fully saturated rings. The van der Waals surface area contributed by atoms with Crippen LogP contribution in [0.3, 0.4) is 0 Å². The number of aromatic nitrogens is 8. The number of hydrogen-bond donors (Lipinski definition) is 1. The number of nitrogens with one attached hydrogen (secondary N) is 1. The van der Waals surface area contributed by atoms with E-state index in [9.17, 15) is 51.5 Å². The number of ether oxygens (including phenoxy) is 4. The van der Waals surface area contributed by atoms with E-state index in [0.29, 0.717) is 74.3 Å². The van der Waals surface area contributed by atoms with Crippen molar-refractivity contribution in [3.63, 3.8) is 0 Å². The molecule has 0 atom stereocenters. The lowest BCUT2D eigenvalue weighted by atomic mass is 10.1. The highest BCUT2D eigenvalue weighted by atomic mass is 35.5. The van der Waals surface area contributed by atoms with E-state index in [0.717, 1.165) is 27.3 Å². The lowest BCUT2D eigenvalue weighted by Gasteiger charge is -2.26. The molecule has 0 spiro atoms. The van der Waals surface area contributed by atoms with Crippen molar-refractivity contribution in [2.24, 2.45) is 0 Å². The average molecular weight is 1880 g/mol. The summed E-state index contributed by atoms with van der Waals surface area (Å²) in [6.45, 7) is 24.5. The number of halogens is 10. The quantitative estimate of drug-likeness (QED) is 0.0548. The molecule has 0 radical (unpaired) electrons. The second-order valence-electron chi connectivity index (χ2n) is 32.2. The van der Waals surface area contributed by atoms with E-state index in [1.165, 1.54) is 32.9 Å². The predicted molar refractivity (Wildman–Crippen MR) is 491 cm³/mol. The summed E-state index contributed by atoms with van der Waals surface area (Å²) in [5.74, 6) is -7.39. The molecule has 0 bridgehead atoms. The molecule has 4 amide bonds. The smallest absolute Gasteiger partial charge is 0.326 e. The van der Waals surface area contributed by atoms with Crippen LogP contribution in [0.15, 0.2) is 207 Å². The summed E-state index contributed by atoms with van der Waals surface area (Å²) in [4.78, 5) is 134. The second-order valence-corrected chi connectivity index (χ2v) is 35.1. The first-order valence-corrected chi connectivity index (χ1v) is 41.9. The van der Waals surface area contributed by atoms with E-state index >= 15 is 0 Å². The summed E-state index contributed by atoms with van der Waals surface area (Å²) in [7, 11) is 0. The van der Waals surface area contributed by atoms with E-state index in [2.05, 4.69) is 40.1 Å². The predicted octanol–water partition coefficient (Wildman–Crippen LogP) is 22.4. The highest BCUT2D eigenvalue weighted by molar-refractivity contribution is 6.43. The van der Waals surface area contributed by atoms with Gasteiger partial charge in [-0.25, -0.2) is 43.1 Å². The Bertz CT molecular complexity index is 5830. The number of carbonyl (C=O) groups excluding carboxylic acids is 8. The third kappa shape index (κ3) is 28.6. The van der Waals surface area contributed by atoms with Gasteiger partial charge in [0.1, 0.15) is 89.1 Å². The zero-order valence-electron chi connectivity index (χ0n) is 72.1. The molecular formula is C94H88Cl7F3N12O12. The molecule has 12 rings (SSSR count). The van der Waals surface area contributed by atoms with Gasteiger partial charge in [0, 0.05) is 86.9 Å². The molecule has 666 valence electrons. The van der Waals surface area contributed by atoms with Gasteiger partial charge >= 0.3 is 23.9 Å². The highest BCUT2D eigenvalue weighted by Crippen LogP contribution is 2.37. The topological polar surface area (TPSA) is 292 Å². The molecule has 0 saturated carbocycles. The number of esters is 4. The van der Waals surface area contributed by atoms with Crippen molar-refractivity contribution in [1.82, 2.24) is 40.1 Å². The molecule has 0 unspecified atom stereocenters. The molecule has 8 aromatic carbocycles. The Morgan fingerprint density at radius 3 is 0.867 bits per heavy atom. The number of carbonyl (C=O) groups is 8. The van der Waals surface area contributed by atoms with Gasteiger partial charge in [-0.3, -0.25) is 63.1 Å². The number of aromatic amines is 1. The molecular weight excluding hydrogens is 1790 g/mol. The highest BCUT2D eigenvalue weighted by Gasteiger charge is 2.34. The third-order valence-electron chi connectivity index (χ3n) is 17.3. The monoisotopic (exact) mass is 1880 g/mol. The number of benzene rings is 8. The fourth-order valence-electron chi connectivity index (χ4n) is 12.2. The van der Waals surface area contributed by atoms with Crippen LogP contribution in [0.4, 0.5) is 35.9 Å². The number of anilines is 4. The fourth-order valence-corrected chi connectivity index (χ4v) is 14.3. The van der Waals surface area contributed by atoms with Crippen molar-refractivity contribution in [2.75, 3.05) is 45.8 Å². The summed E-state index contributed by atoms with van der Waals surface area (Å²) in [5, 5.41) is 8.07. The zero-order valence-corrected chi connectivity index (χ0v) is 77.3. The maximum absolute atomic E-state index is 14.4. The van der Waals surface area contributed by atoms with Gasteiger partial charge in [-0.15, -0.1) is 0 Å². The first kappa shape index (κ1) is 99.6. The Kier molecular flexibility index (Phi) is 33.9. The van der Waals surface area contributed by atoms with Gasteiger partial charge in [0.15, 0.2) is 0 Å². The average Bonchev–Trinajstić information content (AvgIpc) is 0.843. The minimum absolute atomic E-state index is 0.0366. The summed E-state index contributed by atoms with van der Waals surface area (Å²) in [6, 6.07) is 48.0. The van der Waals surface area contributed by atoms with Crippen LogP contribution in [0.5, 0.6) is 0 Å². The van der Waals surface area contributed by atoms with Crippen LogP contribution in [0.2, 0.25) is 35.2 Å². The molecule has 24 nitrogen and oxygen atoms in total. The summed E-state index contributed by atoms with van der Waals surface area (Å²) >= 11 is 43.7. The van der Waals surface area contributed by atoms with Crippen molar-refractivity contribution in [2.45, 2.75) is 126 Å². The first-order valence-electron chi connectivity index (χ1n) is 39.2. The molecule has 1 N–H and O–H groups in total. The molecule has 4 aromatic heterocycles. The van der Waals surface area contributed by atoms with E-state index < -0.39 is 99.5 Å². The number of amides is 4. The van der Waals surface area contributed by atoms with Crippen LogP contribution in [0.1, 0.15) is 142 Å². The van der Waals surface area contributed by atoms with Crippen LogP contribution < -0.4 is 19.6 Å². The van der Waals surface area contributed by atoms with Gasteiger partial charge in [0.25, 0.3) is 23.6 Å². The Hall–Kier alpha value is -12.2. The van der Waals surface area contributed by atoms with Crippen LogP contribution in [0, 0.1) is 38.2 Å². The first-order chi connectivity index (χ1) is 60.1. The normalized spacial score (nSPS) is 11.2. The molecule has 0 aliphatic heterocycles. The standard InChI is InChI=1S/C24H22Cl3N3O3.C24H23Cl2N3O3.C24H22F3N3O3.C22H21Cl2N3O3/c1-14-28-9-8-20(29-14)15-6-5-7-17(10-15)30(13-21(31)33-24(2,3)4)23(32)22-18(26)11-16(25)12-19(22)27;1-15-27-12-11-20(28-15)16-7-5-8-17(13-16)29(14-21(30)32-24(2,3)4)23(31)22-18(25)9-6-10-19(22)26;1-14-28-9-8-20(29-14)15-6-5-7-17(10-15)30(13-21(31)33-24(2,3)4)23(32)22-18(26)11-16(25)12-19(22)27;1-22(2,3)30-19(28)13-27(21(29)20-16(23)8-5-9-17(20)24)15-7-4-6-14(12-15)18-10-11-25-26-18/h5-12H,13H2,1-4H3;5-13H,14H2,1-4H3;5-12H,13H2,1-4H3;4-12H,13H2,1-3H3,(H,25,26). The zero-order chi connectivity index (χ0) is 94.0. The van der Waals surface area contributed by atoms with Crippen molar-refractivity contribution < 1.29 is 70.5 Å². The van der Waals surface area contributed by atoms with E-state index in [1.807, 2.05) is 24.3 Å². The second kappa shape index (κ2) is 43.5. The van der Waals surface area contributed by atoms with Crippen LogP contribution >= 0.6 is 81.2 Å². The maximum atomic E-state index is 14.4. The van der Waals surface area contributed by atoms with E-state index in [1.54, 1.807) is 256 Å². The molecule has 34 heteroatoms. The Balaban J connectivity index is 0.000000193. The Morgan fingerprint density at radius 1 is 0.328 bits per heavy atom. The van der Waals surface area contributed by atoms with Crippen LogP contribution in [0.25, 0.3) is 45.0 Å². The maximum Gasteiger partial charge on any atom is 0.326 e. The van der Waals surface area contributed by atoms with Gasteiger partial charge in [-0.2, -0.15) is 5.10 Å². The largest absolute Gasteiger partial charge is 0.459 e. The SMILES string of the molecule is CC(C)(C)OC(=O)CN(C(=O)c1c(Cl)cccc1Cl)c1cccc(-c2ccn[nH]2)c1.Cc1nccc(-c2cccc(N(CC(=O)OC(C)(C)C)C(=O)c3c(Cl)cc(Cl)cc3Cl)c2)n1.Cc1nccc(-c2cccc(N(CC(=O)OC(C)(C)C)C(=O)c3c(Cl)cccc3Cl)c2)n1.Cc1nccc(-c2cccc(N(CC(=O)OC(C)(C)C)C(=O)c3c(F)cc(F)cc3F)c2)n1. The number of hydrogen-bond acceptors (Lipinski definition) is 19. The number of rotatable bonds is 20. The Labute approximate surface area is 773 Å². The number of aryl methyl sites for hydroxylation is 3. The third-order valence-corrected chi connectivity index (χ3v) is 19.3. The molecule has 12 aromatic rings. The summed E-state index contributed by atoms with van der Waals surface area (Å²) < 4.78 is 63.7. The van der Waals surface area contributed by atoms with Crippen molar-refractivity contribution in [3.8, 4) is 45.0 Å². The minimum atomic E-state index is -1.38. The number of nitrogens with zero attached hydrogens (tertiary/aromatic N) is 11. The lowest BCUT2D eigenvalue weighted by Crippen LogP contribution is -2.39. The van der Waals surface area contributed by atoms with Crippen molar-refractivity contribution >= 4 is 151 Å². The van der Waals surface area contributed by atoms with Gasteiger partial charge in [0.2, 0.25) is 0 Å². The molecule has 4 heterocycles. The minimum Gasteiger partial charge on any atom is -0.459 e. The molecule has 0 aliphatic rings. The molecule has 0 saturated heterocycles. The van der Waals surface area contributed by atoms with E-state index in [-0.39, 0.29) is 72.1 Å². The Morgan fingerprint density at radius 2 is 0.594 bits per heavy atom. The van der Waals surface area contributed by atoms with Gasteiger partial charge in [0.05, 0.1) is 69.6 Å². The van der Waals surface area contributed by atoms with Crippen LogP contribution in [-0.4, -0.2) is 136 Å². The molecule has 0 aliphatic carbocycles. The summed E-state index contributed by atoms with van der Waals surface area (Å²) in [5.41, 5.74) is 3.51. The van der Waals surface area contributed by atoms with Gasteiger partial charge in [-0.1, -0.05) is 142 Å². The summed E-state index contributed by atoms with van der Waals surface area (Å²) in [6.07, 6.45) is 6.52. The lowest BCUT2D eigenvalue weighted by molar-refractivity contribution is -0.154. The van der Waals surface area contributed by atoms with Crippen molar-refractivity contribution in [3.05, 3.63) is 299 Å².